The summed E-state index contributed by atoms with van der Waals surface area (Å²) >= 11 is 0. The number of nitrogens with one attached hydrogen (secondary N) is 1. The van der Waals surface area contributed by atoms with Gasteiger partial charge in [-0.05, 0) is 13.8 Å². The average molecular weight is 244 g/mol. The Kier molecular flexibility index (Phi) is 4.89. The van der Waals surface area contributed by atoms with E-state index >= 15 is 0 Å². The molecule has 3 N–H and O–H groups in total. The molecule has 1 saturated heterocycles. The lowest BCUT2D eigenvalue weighted by Crippen LogP contribution is -2.50. The van der Waals surface area contributed by atoms with E-state index in [1.54, 1.807) is 13.8 Å². The fourth-order valence-electron chi connectivity index (χ4n) is 1.64. The predicted molar refractivity (Wildman–Crippen MR) is 61.2 cm³/mol. The molecule has 1 aliphatic rings. The second kappa shape index (κ2) is 5.97. The summed E-state index contributed by atoms with van der Waals surface area (Å²) in [6.45, 7) is 4.83. The summed E-state index contributed by atoms with van der Waals surface area (Å²) in [5, 5.41) is 2.69. The van der Waals surface area contributed by atoms with Gasteiger partial charge in [-0.25, -0.2) is 0 Å². The number of hydrogen-bond donors (Lipinski definition) is 2. The van der Waals surface area contributed by atoms with Crippen LogP contribution in [0, 0.1) is 5.41 Å². The molecule has 0 radical (unpaired) electrons. The predicted octanol–water partition coefficient (Wildman–Crippen LogP) is -0.580. The second-order valence-electron chi connectivity index (χ2n) is 4.35. The standard InChI is InChI=1S/C11H20N2O4/c1-3-17-9(14)4-5-13-10(15)11(2)7-16-6-8(11)12/h8H,3-7,12H2,1-2H3,(H,13,15). The summed E-state index contributed by atoms with van der Waals surface area (Å²) in [6.07, 6.45) is 0.172. The van der Waals surface area contributed by atoms with Crippen molar-refractivity contribution in [1.29, 1.82) is 0 Å². The molecule has 0 saturated carbocycles. The molecule has 1 rings (SSSR count). The fourth-order valence-corrected chi connectivity index (χ4v) is 1.64. The van der Waals surface area contributed by atoms with Crippen LogP contribution in [0.2, 0.25) is 0 Å². The van der Waals surface area contributed by atoms with Gasteiger partial charge >= 0.3 is 5.97 Å². The maximum Gasteiger partial charge on any atom is 0.307 e. The SMILES string of the molecule is CCOC(=O)CCNC(=O)C1(C)COCC1N. The van der Waals surface area contributed by atoms with E-state index in [-0.39, 0.29) is 30.9 Å². The molecule has 2 unspecified atom stereocenters. The van der Waals surface area contributed by atoms with Crippen molar-refractivity contribution in [3.63, 3.8) is 0 Å². The Morgan fingerprint density at radius 2 is 2.29 bits per heavy atom. The minimum Gasteiger partial charge on any atom is -0.466 e. The number of ether oxygens (including phenoxy) is 2. The first kappa shape index (κ1) is 13.9. The highest BCUT2D eigenvalue weighted by Gasteiger charge is 2.44. The molecular formula is C11H20N2O4. The van der Waals surface area contributed by atoms with Crippen molar-refractivity contribution >= 4 is 11.9 Å². The summed E-state index contributed by atoms with van der Waals surface area (Å²) < 4.78 is 9.94. The molecule has 0 aromatic heterocycles. The number of hydrogen-bond acceptors (Lipinski definition) is 5. The Balaban J connectivity index is 2.32. The second-order valence-corrected chi connectivity index (χ2v) is 4.35. The van der Waals surface area contributed by atoms with Crippen molar-refractivity contribution in [2.45, 2.75) is 26.3 Å². The lowest BCUT2D eigenvalue weighted by molar-refractivity contribution is -0.143. The Morgan fingerprint density at radius 1 is 1.59 bits per heavy atom. The molecular weight excluding hydrogens is 224 g/mol. The Hall–Kier alpha value is -1.14. The minimum absolute atomic E-state index is 0.172. The minimum atomic E-state index is -0.700. The number of carbonyl (C=O) groups is 2. The Morgan fingerprint density at radius 3 is 2.82 bits per heavy atom. The molecule has 0 aliphatic carbocycles. The van der Waals surface area contributed by atoms with Crippen molar-refractivity contribution < 1.29 is 19.1 Å². The quantitative estimate of drug-likeness (QED) is 0.631. The van der Waals surface area contributed by atoms with Gasteiger partial charge in [0.25, 0.3) is 0 Å². The number of esters is 1. The van der Waals surface area contributed by atoms with Gasteiger partial charge in [-0.3, -0.25) is 9.59 Å². The Bertz CT molecular complexity index is 295. The zero-order valence-electron chi connectivity index (χ0n) is 10.3. The van der Waals surface area contributed by atoms with Crippen LogP contribution in [0.4, 0.5) is 0 Å². The van der Waals surface area contributed by atoms with Crippen molar-refractivity contribution in [2.75, 3.05) is 26.4 Å². The summed E-state index contributed by atoms with van der Waals surface area (Å²) in [6, 6.07) is -0.301. The van der Waals surface area contributed by atoms with E-state index in [4.69, 9.17) is 15.2 Å². The van der Waals surface area contributed by atoms with E-state index in [1.807, 2.05) is 0 Å². The van der Waals surface area contributed by atoms with Crippen LogP contribution in [0.5, 0.6) is 0 Å². The number of amides is 1. The van der Waals surface area contributed by atoms with Gasteiger partial charge in [-0.1, -0.05) is 0 Å². The molecule has 0 bridgehead atoms. The van der Waals surface area contributed by atoms with E-state index in [1.165, 1.54) is 0 Å². The zero-order chi connectivity index (χ0) is 12.9. The number of nitrogens with two attached hydrogens (primary N) is 1. The van der Waals surface area contributed by atoms with E-state index in [0.717, 1.165) is 0 Å². The third-order valence-electron chi connectivity index (χ3n) is 2.96. The van der Waals surface area contributed by atoms with Crippen molar-refractivity contribution in [3.05, 3.63) is 0 Å². The van der Waals surface area contributed by atoms with Gasteiger partial charge in [0.1, 0.15) is 0 Å². The van der Waals surface area contributed by atoms with E-state index < -0.39 is 5.41 Å². The van der Waals surface area contributed by atoms with Gasteiger partial charge in [0, 0.05) is 12.6 Å². The summed E-state index contributed by atoms with van der Waals surface area (Å²) in [5.74, 6) is -0.489. The van der Waals surface area contributed by atoms with Gasteiger partial charge in [0.05, 0.1) is 31.7 Å². The monoisotopic (exact) mass is 244 g/mol. The fraction of sp³-hybridized carbons (Fsp3) is 0.818. The van der Waals surface area contributed by atoms with Crippen LogP contribution in [0.25, 0.3) is 0 Å². The van der Waals surface area contributed by atoms with Gasteiger partial charge in [0.2, 0.25) is 5.91 Å². The first-order valence-electron chi connectivity index (χ1n) is 5.78. The molecule has 1 fully saturated rings. The molecule has 1 heterocycles. The first-order valence-corrected chi connectivity index (χ1v) is 5.78. The molecule has 1 aliphatic heterocycles. The summed E-state index contributed by atoms with van der Waals surface area (Å²) in [5.41, 5.74) is 5.12. The zero-order valence-corrected chi connectivity index (χ0v) is 10.3. The lowest BCUT2D eigenvalue weighted by atomic mass is 9.85. The highest BCUT2D eigenvalue weighted by atomic mass is 16.5. The molecule has 6 heteroatoms. The number of carbonyl (C=O) groups excluding carboxylic acids is 2. The smallest absolute Gasteiger partial charge is 0.307 e. The molecule has 98 valence electrons. The maximum atomic E-state index is 11.9. The van der Waals surface area contributed by atoms with Crippen molar-refractivity contribution in [3.8, 4) is 0 Å². The molecule has 17 heavy (non-hydrogen) atoms. The molecule has 0 spiro atoms. The molecule has 2 atom stereocenters. The summed E-state index contributed by atoms with van der Waals surface area (Å²) in [7, 11) is 0. The molecule has 1 amide bonds. The lowest BCUT2D eigenvalue weighted by Gasteiger charge is -2.25. The maximum absolute atomic E-state index is 11.9. The van der Waals surface area contributed by atoms with E-state index in [2.05, 4.69) is 5.32 Å². The van der Waals surface area contributed by atoms with Crippen molar-refractivity contribution in [1.82, 2.24) is 5.32 Å². The van der Waals surface area contributed by atoms with Crippen LogP contribution in [0.3, 0.4) is 0 Å². The van der Waals surface area contributed by atoms with Crippen LogP contribution in [0.15, 0.2) is 0 Å². The van der Waals surface area contributed by atoms with Gasteiger partial charge in [-0.15, -0.1) is 0 Å². The first-order chi connectivity index (χ1) is 8.00. The van der Waals surface area contributed by atoms with Crippen LogP contribution >= 0.6 is 0 Å². The highest BCUT2D eigenvalue weighted by molar-refractivity contribution is 5.84. The van der Waals surface area contributed by atoms with Crippen LogP contribution in [-0.2, 0) is 19.1 Å². The largest absolute Gasteiger partial charge is 0.466 e. The number of rotatable bonds is 5. The third-order valence-corrected chi connectivity index (χ3v) is 2.96. The van der Waals surface area contributed by atoms with E-state index in [0.29, 0.717) is 19.8 Å². The average Bonchev–Trinajstić information content (AvgIpc) is 2.61. The highest BCUT2D eigenvalue weighted by Crippen LogP contribution is 2.26. The van der Waals surface area contributed by atoms with Gasteiger partial charge < -0.3 is 20.5 Å². The summed E-state index contributed by atoms with van der Waals surface area (Å²) in [4.78, 5) is 23.0. The molecule has 0 aromatic carbocycles. The van der Waals surface area contributed by atoms with Crippen LogP contribution < -0.4 is 11.1 Å². The van der Waals surface area contributed by atoms with Crippen LogP contribution in [0.1, 0.15) is 20.3 Å². The molecule has 6 nitrogen and oxygen atoms in total. The Labute approximate surface area is 101 Å². The third kappa shape index (κ3) is 3.41. The van der Waals surface area contributed by atoms with Gasteiger partial charge in [0.15, 0.2) is 0 Å². The van der Waals surface area contributed by atoms with Gasteiger partial charge in [-0.2, -0.15) is 0 Å². The van der Waals surface area contributed by atoms with Crippen LogP contribution in [-0.4, -0.2) is 44.3 Å². The normalized spacial score (nSPS) is 27.8. The molecule has 0 aromatic rings. The topological polar surface area (TPSA) is 90.6 Å². The van der Waals surface area contributed by atoms with E-state index in [9.17, 15) is 9.59 Å². The van der Waals surface area contributed by atoms with Crippen molar-refractivity contribution in [2.24, 2.45) is 11.1 Å².